The molecule has 0 aromatic carbocycles. The molecule has 1 rings (SSSR count). The van der Waals surface area contributed by atoms with Crippen LogP contribution in [0, 0.1) is 11.8 Å². The lowest BCUT2D eigenvalue weighted by molar-refractivity contribution is 0.143. The van der Waals surface area contributed by atoms with Gasteiger partial charge in [0.2, 0.25) is 0 Å². The van der Waals surface area contributed by atoms with Gasteiger partial charge in [0.1, 0.15) is 0 Å². The van der Waals surface area contributed by atoms with E-state index in [1.807, 2.05) is 13.0 Å². The van der Waals surface area contributed by atoms with Crippen LogP contribution in [-0.2, 0) is 0 Å². The monoisotopic (exact) mass is 152 g/mol. The standard InChI is InChI=1S/C10H16O/c1-7(2)9-4-5-10(11)8(3)6-9/h4-5,8-11H,1,6H2,2-3H3/t8-,9-,10-/m1/s1. The highest BCUT2D eigenvalue weighted by Gasteiger charge is 2.20. The van der Waals surface area contributed by atoms with Crippen LogP contribution in [0.5, 0.6) is 0 Å². The lowest BCUT2D eigenvalue weighted by atomic mass is 9.83. The van der Waals surface area contributed by atoms with Crippen LogP contribution in [-0.4, -0.2) is 11.2 Å². The van der Waals surface area contributed by atoms with Crippen molar-refractivity contribution in [3.8, 4) is 0 Å². The zero-order valence-corrected chi connectivity index (χ0v) is 7.25. The molecule has 3 atom stereocenters. The first-order valence-corrected chi connectivity index (χ1v) is 4.13. The molecule has 62 valence electrons. The van der Waals surface area contributed by atoms with E-state index < -0.39 is 0 Å². The predicted octanol–water partition coefficient (Wildman–Crippen LogP) is 2.14. The summed E-state index contributed by atoms with van der Waals surface area (Å²) in [7, 11) is 0. The van der Waals surface area contributed by atoms with Gasteiger partial charge < -0.3 is 5.11 Å². The van der Waals surface area contributed by atoms with Crippen molar-refractivity contribution < 1.29 is 5.11 Å². The zero-order valence-electron chi connectivity index (χ0n) is 7.25. The van der Waals surface area contributed by atoms with Gasteiger partial charge in [0, 0.05) is 0 Å². The SMILES string of the molecule is C=C(C)[C@@H]1C=C[C@@H](O)[C@H](C)C1. The van der Waals surface area contributed by atoms with Crippen LogP contribution in [0.3, 0.4) is 0 Å². The van der Waals surface area contributed by atoms with Gasteiger partial charge in [-0.2, -0.15) is 0 Å². The third-order valence-corrected chi connectivity index (χ3v) is 2.38. The van der Waals surface area contributed by atoms with Gasteiger partial charge >= 0.3 is 0 Å². The fraction of sp³-hybridized carbons (Fsp3) is 0.600. The summed E-state index contributed by atoms with van der Waals surface area (Å²) >= 11 is 0. The molecule has 11 heavy (non-hydrogen) atoms. The molecule has 0 saturated carbocycles. The Kier molecular flexibility index (Phi) is 2.50. The van der Waals surface area contributed by atoms with Crippen LogP contribution in [0.1, 0.15) is 20.3 Å². The third-order valence-electron chi connectivity index (χ3n) is 2.38. The highest BCUT2D eigenvalue weighted by molar-refractivity contribution is 5.12. The molecule has 0 radical (unpaired) electrons. The second kappa shape index (κ2) is 3.22. The maximum atomic E-state index is 9.36. The molecule has 1 N–H and O–H groups in total. The quantitative estimate of drug-likeness (QED) is 0.571. The Bertz CT molecular complexity index is 181. The van der Waals surface area contributed by atoms with Crippen molar-refractivity contribution in [2.24, 2.45) is 11.8 Å². The van der Waals surface area contributed by atoms with Crippen molar-refractivity contribution >= 4 is 0 Å². The molecule has 0 fully saturated rings. The van der Waals surface area contributed by atoms with Gasteiger partial charge in [-0.15, -0.1) is 0 Å². The van der Waals surface area contributed by atoms with Crippen LogP contribution >= 0.6 is 0 Å². The number of allylic oxidation sites excluding steroid dienone is 2. The number of aliphatic hydroxyl groups is 1. The normalized spacial score (nSPS) is 37.2. The van der Waals surface area contributed by atoms with Gasteiger partial charge in [0.15, 0.2) is 0 Å². The van der Waals surface area contributed by atoms with E-state index in [1.165, 1.54) is 5.57 Å². The number of hydrogen-bond donors (Lipinski definition) is 1. The summed E-state index contributed by atoms with van der Waals surface area (Å²) in [6.07, 6.45) is 4.73. The summed E-state index contributed by atoms with van der Waals surface area (Å²) < 4.78 is 0. The van der Waals surface area contributed by atoms with Crippen molar-refractivity contribution in [2.75, 3.05) is 0 Å². The van der Waals surface area contributed by atoms with E-state index in [0.717, 1.165) is 6.42 Å². The fourth-order valence-corrected chi connectivity index (χ4v) is 1.42. The van der Waals surface area contributed by atoms with Crippen LogP contribution < -0.4 is 0 Å². The van der Waals surface area contributed by atoms with Crippen molar-refractivity contribution in [1.82, 2.24) is 0 Å². The number of aliphatic hydroxyl groups excluding tert-OH is 1. The van der Waals surface area contributed by atoms with Crippen molar-refractivity contribution in [3.63, 3.8) is 0 Å². The van der Waals surface area contributed by atoms with Gasteiger partial charge in [0.05, 0.1) is 6.10 Å². The Morgan fingerprint density at radius 3 is 2.64 bits per heavy atom. The average molecular weight is 152 g/mol. The minimum atomic E-state index is -0.245. The lowest BCUT2D eigenvalue weighted by Gasteiger charge is -2.25. The van der Waals surface area contributed by atoms with Gasteiger partial charge in [-0.3, -0.25) is 0 Å². The largest absolute Gasteiger partial charge is 0.389 e. The van der Waals surface area contributed by atoms with Crippen LogP contribution in [0.2, 0.25) is 0 Å². The summed E-state index contributed by atoms with van der Waals surface area (Å²) in [4.78, 5) is 0. The van der Waals surface area contributed by atoms with Crippen LogP contribution in [0.25, 0.3) is 0 Å². The Morgan fingerprint density at radius 1 is 1.55 bits per heavy atom. The number of hydrogen-bond acceptors (Lipinski definition) is 1. The summed E-state index contributed by atoms with van der Waals surface area (Å²) in [5.41, 5.74) is 1.19. The van der Waals surface area contributed by atoms with Gasteiger partial charge in [-0.1, -0.05) is 31.2 Å². The van der Waals surface area contributed by atoms with Crippen molar-refractivity contribution in [1.29, 1.82) is 0 Å². The van der Waals surface area contributed by atoms with Gasteiger partial charge in [0.25, 0.3) is 0 Å². The molecule has 1 aliphatic carbocycles. The molecule has 0 unspecified atom stereocenters. The lowest BCUT2D eigenvalue weighted by Crippen LogP contribution is -2.22. The van der Waals surface area contributed by atoms with E-state index in [4.69, 9.17) is 0 Å². The Morgan fingerprint density at radius 2 is 2.18 bits per heavy atom. The van der Waals surface area contributed by atoms with Crippen molar-refractivity contribution in [3.05, 3.63) is 24.3 Å². The molecule has 0 heterocycles. The first-order valence-electron chi connectivity index (χ1n) is 4.13. The first kappa shape index (κ1) is 8.54. The molecule has 0 saturated heterocycles. The maximum Gasteiger partial charge on any atom is 0.0746 e. The average Bonchev–Trinajstić information content (AvgIpc) is 1.94. The minimum Gasteiger partial charge on any atom is -0.389 e. The fourth-order valence-electron chi connectivity index (χ4n) is 1.42. The van der Waals surface area contributed by atoms with E-state index >= 15 is 0 Å². The summed E-state index contributed by atoms with van der Waals surface area (Å²) in [5, 5.41) is 9.36. The first-order chi connectivity index (χ1) is 5.11. The molecule has 1 heteroatoms. The minimum absolute atomic E-state index is 0.245. The van der Waals surface area contributed by atoms with E-state index in [2.05, 4.69) is 19.6 Å². The molecule has 0 amide bonds. The zero-order chi connectivity index (χ0) is 8.43. The Hall–Kier alpha value is -0.560. The summed E-state index contributed by atoms with van der Waals surface area (Å²) in [5.74, 6) is 0.857. The molecular weight excluding hydrogens is 136 g/mol. The van der Waals surface area contributed by atoms with Crippen LogP contribution in [0.4, 0.5) is 0 Å². The highest BCUT2D eigenvalue weighted by Crippen LogP contribution is 2.27. The van der Waals surface area contributed by atoms with E-state index in [1.54, 1.807) is 0 Å². The topological polar surface area (TPSA) is 20.2 Å². The molecule has 0 aliphatic heterocycles. The molecule has 0 spiro atoms. The van der Waals surface area contributed by atoms with E-state index in [0.29, 0.717) is 11.8 Å². The molecule has 0 aromatic heterocycles. The molecule has 0 aromatic rings. The van der Waals surface area contributed by atoms with Crippen molar-refractivity contribution in [2.45, 2.75) is 26.4 Å². The van der Waals surface area contributed by atoms with Gasteiger partial charge in [-0.25, -0.2) is 0 Å². The second-order valence-corrected chi connectivity index (χ2v) is 3.54. The van der Waals surface area contributed by atoms with Crippen LogP contribution in [0.15, 0.2) is 24.3 Å². The molecule has 1 aliphatic rings. The molecule has 0 bridgehead atoms. The maximum absolute atomic E-state index is 9.36. The van der Waals surface area contributed by atoms with E-state index in [9.17, 15) is 5.11 Å². The Labute approximate surface area is 68.4 Å². The van der Waals surface area contributed by atoms with Gasteiger partial charge in [-0.05, 0) is 25.2 Å². The second-order valence-electron chi connectivity index (χ2n) is 3.54. The third kappa shape index (κ3) is 1.93. The predicted molar refractivity (Wildman–Crippen MR) is 47.2 cm³/mol. The Balaban J connectivity index is 2.63. The van der Waals surface area contributed by atoms with E-state index in [-0.39, 0.29) is 6.10 Å². The molecule has 1 nitrogen and oxygen atoms in total. The highest BCUT2D eigenvalue weighted by atomic mass is 16.3. The molecular formula is C10H16O. The summed E-state index contributed by atoms with van der Waals surface area (Å²) in [6, 6.07) is 0. The number of rotatable bonds is 1. The summed E-state index contributed by atoms with van der Waals surface area (Å²) in [6.45, 7) is 8.02. The smallest absolute Gasteiger partial charge is 0.0746 e.